The topological polar surface area (TPSA) is 44.0 Å². The molecule has 0 aromatic heterocycles. The number of rotatable bonds is 1. The van der Waals surface area contributed by atoms with E-state index >= 15 is 0 Å². The van der Waals surface area contributed by atoms with Gasteiger partial charge >= 0.3 is 0 Å². The van der Waals surface area contributed by atoms with Crippen molar-refractivity contribution >= 4 is 0 Å². The van der Waals surface area contributed by atoms with E-state index in [2.05, 4.69) is 0 Å². The van der Waals surface area contributed by atoms with Crippen LogP contribution in [-0.2, 0) is 0 Å². The van der Waals surface area contributed by atoms with Gasteiger partial charge in [-0.15, -0.1) is 0 Å². The number of unbranched alkanes of at least 4 members (excludes halogenated alkanes) is 1. The molecule has 2 nitrogen and oxygen atoms in total. The van der Waals surface area contributed by atoms with Crippen molar-refractivity contribution in [3.63, 3.8) is 0 Å². The lowest BCUT2D eigenvalue weighted by molar-refractivity contribution is 0.318. The maximum Gasteiger partial charge on any atom is 0.0621 e. The van der Waals surface area contributed by atoms with Gasteiger partial charge in [0, 0.05) is 13.0 Å². The van der Waals surface area contributed by atoms with Gasteiger partial charge in [-0.1, -0.05) is 6.92 Å². The first-order valence-electron chi connectivity index (χ1n) is 2.81. The van der Waals surface area contributed by atoms with E-state index in [1.54, 1.807) is 6.92 Å². The van der Waals surface area contributed by atoms with Crippen LogP contribution in [0.15, 0.2) is 0 Å². The number of aliphatic hydroxyl groups excluding tert-OH is 1. The minimum atomic E-state index is 0.250. The van der Waals surface area contributed by atoms with Crippen LogP contribution in [0.3, 0.4) is 0 Å². The monoisotopic (exact) mass is 115 g/mol. The summed E-state index contributed by atoms with van der Waals surface area (Å²) in [6.45, 7) is 3.92. The number of nitriles is 1. The molecule has 48 valence electrons. The molecule has 2 heteroatoms. The quantitative estimate of drug-likeness (QED) is 0.560. The SMILES string of the molecule is CCCC#N.CCO. The van der Waals surface area contributed by atoms with Crippen molar-refractivity contribution in [2.24, 2.45) is 0 Å². The van der Waals surface area contributed by atoms with Crippen LogP contribution in [0.4, 0.5) is 0 Å². The van der Waals surface area contributed by atoms with Crippen molar-refractivity contribution in [2.45, 2.75) is 26.7 Å². The summed E-state index contributed by atoms with van der Waals surface area (Å²) in [6.07, 6.45) is 1.68. The Labute approximate surface area is 50.8 Å². The summed E-state index contributed by atoms with van der Waals surface area (Å²) in [5, 5.41) is 15.4. The van der Waals surface area contributed by atoms with E-state index in [0.29, 0.717) is 6.42 Å². The fraction of sp³-hybridized carbons (Fsp3) is 0.833. The van der Waals surface area contributed by atoms with E-state index in [1.807, 2.05) is 13.0 Å². The summed E-state index contributed by atoms with van der Waals surface area (Å²) in [5.74, 6) is 0. The van der Waals surface area contributed by atoms with Crippen molar-refractivity contribution in [1.29, 1.82) is 5.26 Å². The Morgan fingerprint density at radius 2 is 1.88 bits per heavy atom. The average molecular weight is 115 g/mol. The lowest BCUT2D eigenvalue weighted by Gasteiger charge is -1.65. The van der Waals surface area contributed by atoms with Gasteiger partial charge in [0.05, 0.1) is 6.07 Å². The highest BCUT2D eigenvalue weighted by molar-refractivity contribution is 4.65. The average Bonchev–Trinajstić information content (AvgIpc) is 1.71. The normalized spacial score (nSPS) is 6.25. The number of hydrogen-bond donors (Lipinski definition) is 1. The third-order valence-corrected chi connectivity index (χ3v) is 0.362. The van der Waals surface area contributed by atoms with Gasteiger partial charge in [-0.05, 0) is 13.3 Å². The first-order chi connectivity index (χ1) is 3.83. The molecule has 0 saturated carbocycles. The van der Waals surface area contributed by atoms with Crippen LogP contribution in [0.5, 0.6) is 0 Å². The van der Waals surface area contributed by atoms with Gasteiger partial charge in [0.25, 0.3) is 0 Å². The van der Waals surface area contributed by atoms with Gasteiger partial charge in [0.15, 0.2) is 0 Å². The number of aliphatic hydroxyl groups is 1. The Hall–Kier alpha value is -0.550. The fourth-order valence-corrected chi connectivity index (χ4v) is 0.112. The molecule has 0 heterocycles. The first-order valence-corrected chi connectivity index (χ1v) is 2.81. The fourth-order valence-electron chi connectivity index (χ4n) is 0.112. The van der Waals surface area contributed by atoms with Crippen LogP contribution < -0.4 is 0 Å². The minimum absolute atomic E-state index is 0.250. The van der Waals surface area contributed by atoms with E-state index in [4.69, 9.17) is 10.4 Å². The largest absolute Gasteiger partial charge is 0.397 e. The summed E-state index contributed by atoms with van der Waals surface area (Å²) >= 11 is 0. The number of nitrogens with zero attached hydrogens (tertiary/aromatic N) is 1. The van der Waals surface area contributed by atoms with E-state index in [9.17, 15) is 0 Å². The second kappa shape index (κ2) is 16.1. The van der Waals surface area contributed by atoms with Crippen LogP contribution in [0.2, 0.25) is 0 Å². The van der Waals surface area contributed by atoms with Crippen LogP contribution >= 0.6 is 0 Å². The molecule has 0 unspecified atom stereocenters. The van der Waals surface area contributed by atoms with E-state index in [1.165, 1.54) is 0 Å². The van der Waals surface area contributed by atoms with E-state index in [-0.39, 0.29) is 6.61 Å². The molecule has 8 heavy (non-hydrogen) atoms. The van der Waals surface area contributed by atoms with Gasteiger partial charge in [-0.2, -0.15) is 5.26 Å². The molecule has 0 spiro atoms. The minimum Gasteiger partial charge on any atom is -0.397 e. The molecular weight excluding hydrogens is 102 g/mol. The molecule has 0 aliphatic heterocycles. The molecule has 0 radical (unpaired) electrons. The Morgan fingerprint density at radius 1 is 1.50 bits per heavy atom. The summed E-state index contributed by atoms with van der Waals surface area (Å²) in [7, 11) is 0. The molecule has 0 saturated heterocycles. The maximum atomic E-state index is 7.82. The summed E-state index contributed by atoms with van der Waals surface area (Å²) in [6, 6.07) is 2.02. The van der Waals surface area contributed by atoms with Crippen LogP contribution in [0.25, 0.3) is 0 Å². The van der Waals surface area contributed by atoms with Crippen LogP contribution in [-0.4, -0.2) is 11.7 Å². The second-order valence-corrected chi connectivity index (χ2v) is 1.22. The molecule has 0 aromatic carbocycles. The predicted molar refractivity (Wildman–Crippen MR) is 33.3 cm³/mol. The van der Waals surface area contributed by atoms with Crippen LogP contribution in [0.1, 0.15) is 26.7 Å². The molecule has 0 aliphatic rings. The van der Waals surface area contributed by atoms with Gasteiger partial charge in [0.2, 0.25) is 0 Å². The van der Waals surface area contributed by atoms with Gasteiger partial charge < -0.3 is 5.11 Å². The van der Waals surface area contributed by atoms with Gasteiger partial charge in [-0.3, -0.25) is 0 Å². The third-order valence-electron chi connectivity index (χ3n) is 0.362. The second-order valence-electron chi connectivity index (χ2n) is 1.22. The zero-order valence-electron chi connectivity index (χ0n) is 5.52. The summed E-state index contributed by atoms with van der Waals surface area (Å²) < 4.78 is 0. The molecule has 0 bridgehead atoms. The van der Waals surface area contributed by atoms with Crippen molar-refractivity contribution in [3.05, 3.63) is 0 Å². The Kier molecular flexibility index (Phi) is 21.0. The van der Waals surface area contributed by atoms with Crippen LogP contribution in [0, 0.1) is 11.3 Å². The third kappa shape index (κ3) is 51.3. The summed E-state index contributed by atoms with van der Waals surface area (Å²) in [5.41, 5.74) is 0. The Bertz CT molecular complexity index is 56.0. The zero-order chi connectivity index (χ0) is 6.83. The highest BCUT2D eigenvalue weighted by Crippen LogP contribution is 1.77. The first kappa shape index (κ1) is 10.4. The van der Waals surface area contributed by atoms with Crippen molar-refractivity contribution in [2.75, 3.05) is 6.61 Å². The maximum absolute atomic E-state index is 7.82. The predicted octanol–water partition coefficient (Wildman–Crippen LogP) is 1.31. The van der Waals surface area contributed by atoms with Crippen molar-refractivity contribution in [3.8, 4) is 6.07 Å². The molecule has 0 fully saturated rings. The zero-order valence-corrected chi connectivity index (χ0v) is 5.52. The molecule has 0 amide bonds. The molecular formula is C6H13NO. The summed E-state index contributed by atoms with van der Waals surface area (Å²) in [4.78, 5) is 0. The smallest absolute Gasteiger partial charge is 0.0621 e. The van der Waals surface area contributed by atoms with Crippen molar-refractivity contribution in [1.82, 2.24) is 0 Å². The Balaban J connectivity index is 0. The molecule has 1 N–H and O–H groups in total. The Morgan fingerprint density at radius 3 is 1.88 bits per heavy atom. The van der Waals surface area contributed by atoms with E-state index in [0.717, 1.165) is 6.42 Å². The highest BCUT2D eigenvalue weighted by atomic mass is 16.2. The standard InChI is InChI=1S/C4H7N.C2H6O/c1-2-3-4-5;1-2-3/h2-3H2,1H3;3H,2H2,1H3. The molecule has 0 atom stereocenters. The lowest BCUT2D eigenvalue weighted by atomic mass is 10.4. The lowest BCUT2D eigenvalue weighted by Crippen LogP contribution is -1.57. The van der Waals surface area contributed by atoms with Crippen molar-refractivity contribution < 1.29 is 5.11 Å². The van der Waals surface area contributed by atoms with E-state index < -0.39 is 0 Å². The van der Waals surface area contributed by atoms with Gasteiger partial charge in [0.1, 0.15) is 0 Å². The van der Waals surface area contributed by atoms with Gasteiger partial charge in [-0.25, -0.2) is 0 Å². The molecule has 0 aromatic rings. The molecule has 0 rings (SSSR count). The number of hydrogen-bond acceptors (Lipinski definition) is 2. The molecule has 0 aliphatic carbocycles. The highest BCUT2D eigenvalue weighted by Gasteiger charge is 1.65.